The van der Waals surface area contributed by atoms with Crippen LogP contribution in [0.3, 0.4) is 0 Å². The molecule has 3 saturated heterocycles. The molecule has 1 amide bonds. The lowest BCUT2D eigenvalue weighted by molar-refractivity contribution is -0.126. The van der Waals surface area contributed by atoms with E-state index in [-0.39, 0.29) is 23.6 Å². The standard InChI is InChI=1S/C37H54ClN7O4/c1-6-37(5)25-42(23-29-24-48-19-20-49-29)16-17-44(37)36-33(34-30-22-39-40-31(30)21-26(3)35(34)38)27(4)45(41-36)28-11-8-14-43(15-9-12-28)32(46)13-10-18-47-7-2/h10,13,21-22,28-29H,6-9,11-12,14-20,23-25H2,1-5H3,(H,39,40)/b13-10+/t29-,37+/m1/s1. The van der Waals surface area contributed by atoms with Crippen LogP contribution in [0.2, 0.25) is 5.02 Å². The number of halogens is 1. The summed E-state index contributed by atoms with van der Waals surface area (Å²) >= 11 is 7.24. The molecule has 0 aliphatic carbocycles. The van der Waals surface area contributed by atoms with Gasteiger partial charge < -0.3 is 24.0 Å². The van der Waals surface area contributed by atoms with Gasteiger partial charge in [-0.15, -0.1) is 0 Å². The smallest absolute Gasteiger partial charge is 0.246 e. The Bertz CT molecular complexity index is 1610. The molecule has 5 heterocycles. The van der Waals surface area contributed by atoms with Crippen LogP contribution < -0.4 is 4.90 Å². The first-order valence-corrected chi connectivity index (χ1v) is 18.6. The van der Waals surface area contributed by atoms with E-state index in [4.69, 9.17) is 30.9 Å². The minimum absolute atomic E-state index is 0.0665. The van der Waals surface area contributed by atoms with Crippen LogP contribution in [-0.4, -0.2) is 120 Å². The Morgan fingerprint density at radius 3 is 2.65 bits per heavy atom. The minimum atomic E-state index is -0.155. The lowest BCUT2D eigenvalue weighted by Gasteiger charge is -2.50. The number of aryl methyl sites for hydroxylation is 1. The average molecular weight is 696 g/mol. The zero-order chi connectivity index (χ0) is 34.5. The summed E-state index contributed by atoms with van der Waals surface area (Å²) in [6.45, 7) is 19.0. The van der Waals surface area contributed by atoms with Gasteiger partial charge in [0.05, 0.1) is 60.8 Å². The quantitative estimate of drug-likeness (QED) is 0.206. The van der Waals surface area contributed by atoms with Crippen molar-refractivity contribution >= 4 is 34.2 Å². The molecule has 0 radical (unpaired) electrons. The third kappa shape index (κ3) is 7.71. The largest absolute Gasteiger partial charge is 0.378 e. The van der Waals surface area contributed by atoms with Gasteiger partial charge in [-0.05, 0) is 71.4 Å². The second-order valence-corrected chi connectivity index (χ2v) is 14.5. The second kappa shape index (κ2) is 15.9. The Hall–Kier alpha value is -2.96. The number of nitrogens with one attached hydrogen (secondary N) is 1. The molecule has 3 aromatic rings. The lowest BCUT2D eigenvalue weighted by Crippen LogP contribution is -2.62. The van der Waals surface area contributed by atoms with Crippen molar-refractivity contribution in [1.29, 1.82) is 0 Å². The van der Waals surface area contributed by atoms with Gasteiger partial charge >= 0.3 is 0 Å². The molecule has 3 aliphatic heterocycles. The van der Waals surface area contributed by atoms with Crippen LogP contribution >= 0.6 is 11.6 Å². The normalized spacial score (nSPS) is 23.4. The number of H-pyrrole nitrogens is 1. The Balaban J connectivity index is 1.32. The van der Waals surface area contributed by atoms with E-state index in [1.807, 2.05) is 24.1 Å². The number of aromatic nitrogens is 4. The van der Waals surface area contributed by atoms with Crippen LogP contribution in [0.15, 0.2) is 24.4 Å². The number of rotatable bonds is 10. The van der Waals surface area contributed by atoms with Crippen molar-refractivity contribution in [2.75, 3.05) is 77.2 Å². The molecule has 1 N–H and O–H groups in total. The third-order valence-corrected chi connectivity index (χ3v) is 11.2. The molecular formula is C37H54ClN7O4. The van der Waals surface area contributed by atoms with E-state index in [0.717, 1.165) is 116 Å². The number of piperazine rings is 1. The summed E-state index contributed by atoms with van der Waals surface area (Å²) in [5.74, 6) is 1.06. The molecule has 3 aliphatic rings. The number of nitrogens with zero attached hydrogens (tertiary/aromatic N) is 6. The summed E-state index contributed by atoms with van der Waals surface area (Å²) in [6, 6.07) is 2.30. The summed E-state index contributed by atoms with van der Waals surface area (Å²) in [5, 5.41) is 14.9. The van der Waals surface area contributed by atoms with E-state index in [0.29, 0.717) is 33.0 Å². The number of aromatic amines is 1. The lowest BCUT2D eigenvalue weighted by atomic mass is 9.91. The number of hydrogen-bond acceptors (Lipinski definition) is 8. The Kier molecular flexibility index (Phi) is 11.7. The summed E-state index contributed by atoms with van der Waals surface area (Å²) in [6.07, 6.45) is 10.2. The van der Waals surface area contributed by atoms with Gasteiger partial charge in [-0.3, -0.25) is 19.5 Å². The summed E-state index contributed by atoms with van der Waals surface area (Å²) < 4.78 is 19.4. The Labute approximate surface area is 295 Å². The van der Waals surface area contributed by atoms with Gasteiger partial charge in [0.15, 0.2) is 5.82 Å². The first-order chi connectivity index (χ1) is 23.7. The maximum atomic E-state index is 12.9. The second-order valence-electron chi connectivity index (χ2n) is 14.1. The van der Waals surface area contributed by atoms with Crippen molar-refractivity contribution in [3.8, 4) is 11.1 Å². The van der Waals surface area contributed by atoms with Crippen molar-refractivity contribution in [2.24, 2.45) is 0 Å². The SMILES string of the molecule is CCOC/C=C/C(=O)N1CCCC(n2nc(N3CCN(C[C@@H]4COCCO4)C[C@]3(C)CC)c(-c3c(Cl)c(C)cc4[nH]ncc34)c2C)CCC1. The first kappa shape index (κ1) is 35.9. The fraction of sp³-hybridized carbons (Fsp3) is 0.649. The summed E-state index contributed by atoms with van der Waals surface area (Å²) in [5.41, 5.74) is 5.04. The Morgan fingerprint density at radius 2 is 1.94 bits per heavy atom. The average Bonchev–Trinajstić information content (AvgIpc) is 3.68. The molecule has 0 bridgehead atoms. The van der Waals surface area contributed by atoms with Gasteiger partial charge in [-0.2, -0.15) is 10.2 Å². The van der Waals surface area contributed by atoms with Gasteiger partial charge in [-0.1, -0.05) is 24.6 Å². The molecule has 11 nitrogen and oxygen atoms in total. The zero-order valence-corrected chi connectivity index (χ0v) is 30.7. The highest BCUT2D eigenvalue weighted by atomic mass is 35.5. The monoisotopic (exact) mass is 695 g/mol. The van der Waals surface area contributed by atoms with Crippen molar-refractivity contribution in [2.45, 2.75) is 84.4 Å². The van der Waals surface area contributed by atoms with Crippen molar-refractivity contribution in [3.05, 3.63) is 40.7 Å². The fourth-order valence-electron chi connectivity index (χ4n) is 7.89. The van der Waals surface area contributed by atoms with E-state index in [9.17, 15) is 4.79 Å². The highest BCUT2D eigenvalue weighted by Crippen LogP contribution is 2.46. The molecular weight excluding hydrogens is 642 g/mol. The van der Waals surface area contributed by atoms with Crippen molar-refractivity contribution in [3.63, 3.8) is 0 Å². The molecule has 3 fully saturated rings. The van der Waals surface area contributed by atoms with Crippen LogP contribution in [0.25, 0.3) is 22.0 Å². The molecule has 6 rings (SSSR count). The Morgan fingerprint density at radius 1 is 1.14 bits per heavy atom. The van der Waals surface area contributed by atoms with Crippen LogP contribution in [0.1, 0.15) is 70.2 Å². The molecule has 2 atom stereocenters. The molecule has 2 aromatic heterocycles. The predicted molar refractivity (Wildman–Crippen MR) is 195 cm³/mol. The number of hydrogen-bond donors (Lipinski definition) is 1. The van der Waals surface area contributed by atoms with Crippen LogP contribution in [-0.2, 0) is 19.0 Å². The number of fused-ring (bicyclic) bond motifs is 1. The molecule has 0 saturated carbocycles. The number of likely N-dealkylation sites (tertiary alicyclic amines) is 1. The van der Waals surface area contributed by atoms with E-state index >= 15 is 0 Å². The van der Waals surface area contributed by atoms with Crippen LogP contribution in [0.5, 0.6) is 0 Å². The maximum absolute atomic E-state index is 12.9. The third-order valence-electron chi connectivity index (χ3n) is 10.7. The highest BCUT2D eigenvalue weighted by Gasteiger charge is 2.41. The van der Waals surface area contributed by atoms with E-state index < -0.39 is 0 Å². The van der Waals surface area contributed by atoms with E-state index in [1.165, 1.54) is 0 Å². The minimum Gasteiger partial charge on any atom is -0.378 e. The molecule has 0 unspecified atom stereocenters. The highest BCUT2D eigenvalue weighted by molar-refractivity contribution is 6.36. The van der Waals surface area contributed by atoms with Gasteiger partial charge in [0, 0.05) is 74.2 Å². The maximum Gasteiger partial charge on any atom is 0.246 e. The molecule has 268 valence electrons. The number of carbonyl (C=O) groups excluding carboxylic acids is 1. The number of ether oxygens (including phenoxy) is 3. The van der Waals surface area contributed by atoms with Gasteiger partial charge in [-0.25, -0.2) is 0 Å². The number of amides is 1. The number of carbonyl (C=O) groups is 1. The van der Waals surface area contributed by atoms with Crippen molar-refractivity contribution in [1.82, 2.24) is 29.8 Å². The van der Waals surface area contributed by atoms with Gasteiger partial charge in [0.25, 0.3) is 0 Å². The summed E-state index contributed by atoms with van der Waals surface area (Å²) in [4.78, 5) is 20.0. The molecule has 49 heavy (non-hydrogen) atoms. The van der Waals surface area contributed by atoms with Crippen LogP contribution in [0, 0.1) is 13.8 Å². The molecule has 1 aromatic carbocycles. The molecule has 12 heteroatoms. The summed E-state index contributed by atoms with van der Waals surface area (Å²) in [7, 11) is 0. The topological polar surface area (TPSA) is 101 Å². The van der Waals surface area contributed by atoms with E-state index in [2.05, 4.69) is 58.4 Å². The molecule has 0 spiro atoms. The first-order valence-electron chi connectivity index (χ1n) is 18.2. The van der Waals surface area contributed by atoms with Gasteiger partial charge in [0.2, 0.25) is 5.91 Å². The fourth-order valence-corrected chi connectivity index (χ4v) is 8.14. The van der Waals surface area contributed by atoms with Gasteiger partial charge in [0.1, 0.15) is 0 Å². The van der Waals surface area contributed by atoms with E-state index in [1.54, 1.807) is 6.08 Å². The van der Waals surface area contributed by atoms with Crippen LogP contribution in [0.4, 0.5) is 5.82 Å². The van der Waals surface area contributed by atoms with Crippen molar-refractivity contribution < 1.29 is 19.0 Å². The zero-order valence-electron chi connectivity index (χ0n) is 30.0. The number of benzene rings is 1. The number of anilines is 1. The predicted octanol–water partition coefficient (Wildman–Crippen LogP) is 5.94.